The molecule has 2 N–H and O–H groups in total. The molecular formula is C23H24FN5O4. The van der Waals surface area contributed by atoms with Crippen molar-refractivity contribution in [2.24, 2.45) is 0 Å². The number of imide groups is 1. The summed E-state index contributed by atoms with van der Waals surface area (Å²) in [6.07, 6.45) is 1.68. The highest BCUT2D eigenvalue weighted by Crippen LogP contribution is 2.27. The number of halogens is 1. The summed E-state index contributed by atoms with van der Waals surface area (Å²) in [6.45, 7) is 1.32. The quantitative estimate of drug-likeness (QED) is 0.589. The lowest BCUT2D eigenvalue weighted by Gasteiger charge is -2.30. The van der Waals surface area contributed by atoms with Crippen molar-refractivity contribution in [3.63, 3.8) is 0 Å². The Morgan fingerprint density at radius 1 is 1.24 bits per heavy atom. The number of aromatic nitrogens is 2. The largest absolute Gasteiger partial charge is 0.497 e. The molecule has 0 spiro atoms. The van der Waals surface area contributed by atoms with Crippen LogP contribution in [0.1, 0.15) is 24.7 Å². The lowest BCUT2D eigenvalue weighted by molar-refractivity contribution is -0.121. The first-order chi connectivity index (χ1) is 16.0. The van der Waals surface area contributed by atoms with Crippen LogP contribution in [0.4, 0.5) is 14.9 Å². The molecule has 3 aromatic rings. The van der Waals surface area contributed by atoms with Crippen molar-refractivity contribution in [2.75, 3.05) is 32.1 Å². The Morgan fingerprint density at radius 3 is 2.82 bits per heavy atom. The smallest absolute Gasteiger partial charge is 0.325 e. The topological polar surface area (TPSA) is 110 Å². The monoisotopic (exact) mass is 453 g/mol. The number of carbonyl (C=O) groups is 2. The van der Waals surface area contributed by atoms with E-state index in [1.54, 1.807) is 43.5 Å². The van der Waals surface area contributed by atoms with Crippen LogP contribution >= 0.6 is 0 Å². The number of methoxy groups -OCH3 is 1. The summed E-state index contributed by atoms with van der Waals surface area (Å²) < 4.78 is 24.0. The Labute approximate surface area is 189 Å². The molecule has 172 valence electrons. The minimum Gasteiger partial charge on any atom is -0.497 e. The number of anilines is 1. The maximum absolute atomic E-state index is 13.5. The van der Waals surface area contributed by atoms with E-state index in [0.717, 1.165) is 19.4 Å². The summed E-state index contributed by atoms with van der Waals surface area (Å²) in [4.78, 5) is 30.8. The molecule has 10 heteroatoms. The zero-order valence-electron chi connectivity index (χ0n) is 18.1. The van der Waals surface area contributed by atoms with Crippen LogP contribution in [0, 0.1) is 5.82 Å². The van der Waals surface area contributed by atoms with E-state index < -0.39 is 11.9 Å². The van der Waals surface area contributed by atoms with Crippen LogP contribution in [0.25, 0.3) is 11.4 Å². The van der Waals surface area contributed by atoms with Gasteiger partial charge in [-0.25, -0.2) is 9.18 Å². The third-order valence-corrected chi connectivity index (χ3v) is 5.35. The lowest BCUT2D eigenvalue weighted by atomic mass is 9.98. The van der Waals surface area contributed by atoms with Crippen molar-refractivity contribution in [3.8, 4) is 17.1 Å². The second-order valence-corrected chi connectivity index (χ2v) is 7.77. The van der Waals surface area contributed by atoms with E-state index in [1.807, 2.05) is 4.90 Å². The maximum Gasteiger partial charge on any atom is 0.325 e. The molecule has 0 saturated carbocycles. The average Bonchev–Trinajstić information content (AvgIpc) is 3.30. The number of rotatable bonds is 6. The van der Waals surface area contributed by atoms with Crippen LogP contribution in [-0.4, -0.2) is 53.7 Å². The number of hydrogen-bond acceptors (Lipinski definition) is 7. The van der Waals surface area contributed by atoms with E-state index in [4.69, 9.17) is 9.26 Å². The SMILES string of the molecule is COc1ccc(NC(=O)NC(=O)CN2CCCC(c3nc(-c4cccc(F)c4)no3)C2)cc1. The predicted molar refractivity (Wildman–Crippen MR) is 118 cm³/mol. The second kappa shape index (κ2) is 10.2. The molecule has 2 heterocycles. The lowest BCUT2D eigenvalue weighted by Crippen LogP contribution is -2.44. The second-order valence-electron chi connectivity index (χ2n) is 7.77. The number of likely N-dealkylation sites (tertiary alicyclic amines) is 1. The Hall–Kier alpha value is -3.79. The van der Waals surface area contributed by atoms with E-state index in [0.29, 0.717) is 35.3 Å². The maximum atomic E-state index is 13.5. The minimum atomic E-state index is -0.602. The van der Waals surface area contributed by atoms with Gasteiger partial charge < -0.3 is 14.6 Å². The zero-order valence-corrected chi connectivity index (χ0v) is 18.1. The number of nitrogens with zero attached hydrogens (tertiary/aromatic N) is 3. The normalized spacial score (nSPS) is 16.2. The summed E-state index contributed by atoms with van der Waals surface area (Å²) in [5, 5.41) is 8.92. The van der Waals surface area contributed by atoms with Crippen molar-refractivity contribution < 1.29 is 23.2 Å². The Kier molecular flexibility index (Phi) is 6.94. The molecule has 1 fully saturated rings. The van der Waals surface area contributed by atoms with E-state index in [-0.39, 0.29) is 18.3 Å². The van der Waals surface area contributed by atoms with Gasteiger partial charge in [0, 0.05) is 17.8 Å². The molecule has 1 aliphatic rings. The first kappa shape index (κ1) is 22.4. The molecule has 1 saturated heterocycles. The van der Waals surface area contributed by atoms with E-state index in [2.05, 4.69) is 20.8 Å². The van der Waals surface area contributed by atoms with Crippen molar-refractivity contribution in [2.45, 2.75) is 18.8 Å². The van der Waals surface area contributed by atoms with Crippen LogP contribution < -0.4 is 15.4 Å². The zero-order chi connectivity index (χ0) is 23.2. The highest BCUT2D eigenvalue weighted by molar-refractivity contribution is 6.01. The molecule has 0 bridgehead atoms. The molecule has 0 radical (unpaired) electrons. The van der Waals surface area contributed by atoms with Gasteiger partial charge in [0.2, 0.25) is 17.6 Å². The van der Waals surface area contributed by atoms with Crippen LogP contribution in [0.5, 0.6) is 5.75 Å². The van der Waals surface area contributed by atoms with Gasteiger partial charge >= 0.3 is 6.03 Å². The van der Waals surface area contributed by atoms with Crippen molar-refractivity contribution >= 4 is 17.6 Å². The Balaban J connectivity index is 1.29. The third kappa shape index (κ3) is 5.92. The standard InChI is InChI=1S/C23H24FN5O4/c1-32-19-9-7-18(8-10-19)25-23(31)26-20(30)14-29-11-3-5-16(13-29)22-27-21(28-33-22)15-4-2-6-17(24)12-15/h2,4,6-10,12,16H,3,5,11,13-14H2,1H3,(H2,25,26,30,31). The summed E-state index contributed by atoms with van der Waals surface area (Å²) in [7, 11) is 1.56. The van der Waals surface area contributed by atoms with Gasteiger partial charge in [-0.05, 0) is 55.8 Å². The molecule has 4 rings (SSSR count). The highest BCUT2D eigenvalue weighted by atomic mass is 19.1. The highest BCUT2D eigenvalue weighted by Gasteiger charge is 2.27. The summed E-state index contributed by atoms with van der Waals surface area (Å²) in [5.41, 5.74) is 1.09. The number of piperidine rings is 1. The molecule has 1 unspecified atom stereocenters. The van der Waals surface area contributed by atoms with Gasteiger partial charge in [-0.2, -0.15) is 4.98 Å². The van der Waals surface area contributed by atoms with E-state index in [9.17, 15) is 14.0 Å². The van der Waals surface area contributed by atoms with Gasteiger partial charge in [-0.1, -0.05) is 17.3 Å². The number of urea groups is 1. The van der Waals surface area contributed by atoms with Gasteiger partial charge in [0.1, 0.15) is 11.6 Å². The molecule has 1 atom stereocenters. The van der Waals surface area contributed by atoms with Crippen LogP contribution in [-0.2, 0) is 4.79 Å². The number of nitrogens with one attached hydrogen (secondary N) is 2. The number of amides is 3. The van der Waals surface area contributed by atoms with Gasteiger partial charge in [0.15, 0.2) is 0 Å². The Bertz CT molecular complexity index is 1120. The molecular weight excluding hydrogens is 429 g/mol. The summed E-state index contributed by atoms with van der Waals surface area (Å²) >= 11 is 0. The first-order valence-electron chi connectivity index (χ1n) is 10.6. The minimum absolute atomic E-state index is 0.0468. The summed E-state index contributed by atoms with van der Waals surface area (Å²) in [5.74, 6) is 0.624. The number of ether oxygens (including phenoxy) is 1. The Morgan fingerprint density at radius 2 is 2.06 bits per heavy atom. The van der Waals surface area contributed by atoms with Gasteiger partial charge in [0.25, 0.3) is 0 Å². The number of benzene rings is 2. The fraction of sp³-hybridized carbons (Fsp3) is 0.304. The average molecular weight is 453 g/mol. The van der Waals surface area contributed by atoms with E-state index in [1.165, 1.54) is 12.1 Å². The first-order valence-corrected chi connectivity index (χ1v) is 10.6. The molecule has 9 nitrogen and oxygen atoms in total. The van der Waals surface area contributed by atoms with Gasteiger partial charge in [-0.15, -0.1) is 0 Å². The molecule has 1 aliphatic heterocycles. The molecule has 0 aliphatic carbocycles. The fourth-order valence-electron chi connectivity index (χ4n) is 3.75. The van der Waals surface area contributed by atoms with Crippen LogP contribution in [0.15, 0.2) is 53.1 Å². The van der Waals surface area contributed by atoms with Crippen molar-refractivity contribution in [1.29, 1.82) is 0 Å². The molecule has 1 aromatic heterocycles. The molecule has 3 amide bonds. The van der Waals surface area contributed by atoms with Crippen molar-refractivity contribution in [1.82, 2.24) is 20.4 Å². The van der Waals surface area contributed by atoms with Gasteiger partial charge in [0.05, 0.1) is 19.6 Å². The number of carbonyl (C=O) groups excluding carboxylic acids is 2. The van der Waals surface area contributed by atoms with Crippen LogP contribution in [0.3, 0.4) is 0 Å². The summed E-state index contributed by atoms with van der Waals surface area (Å²) in [6, 6.07) is 12.2. The molecule has 2 aromatic carbocycles. The number of hydrogen-bond donors (Lipinski definition) is 2. The van der Waals surface area contributed by atoms with Gasteiger partial charge in [-0.3, -0.25) is 15.0 Å². The predicted octanol–water partition coefficient (Wildman–Crippen LogP) is 3.41. The van der Waals surface area contributed by atoms with Crippen LogP contribution in [0.2, 0.25) is 0 Å². The van der Waals surface area contributed by atoms with Crippen molar-refractivity contribution in [3.05, 3.63) is 60.2 Å². The van der Waals surface area contributed by atoms with E-state index >= 15 is 0 Å². The molecule has 33 heavy (non-hydrogen) atoms. The fourth-order valence-corrected chi connectivity index (χ4v) is 3.75. The third-order valence-electron chi connectivity index (χ3n) is 5.35.